The Hall–Kier alpha value is -0.240. The molecule has 0 aromatic rings. The number of hydrogen-bond donors (Lipinski definition) is 1. The Bertz CT molecular complexity index is 407. The standard InChI is InChI=1S/C15H26O6/c1-9(16)6-7-15-12(20-14(4,5)21-15)11-10(8-17-15)18-13(2,3)19-11/h9-12,16H,6-8H2,1-5H3/t9?,10-,11-,12+,15+/m1/s1. The van der Waals surface area contributed by atoms with E-state index in [2.05, 4.69) is 0 Å². The van der Waals surface area contributed by atoms with Crippen molar-refractivity contribution in [3.05, 3.63) is 0 Å². The molecule has 6 nitrogen and oxygen atoms in total. The summed E-state index contributed by atoms with van der Waals surface area (Å²) in [4.78, 5) is 0. The minimum atomic E-state index is -0.870. The number of aliphatic hydroxyl groups excluding tert-OH is 1. The van der Waals surface area contributed by atoms with Crippen LogP contribution in [0.4, 0.5) is 0 Å². The number of aliphatic hydroxyl groups is 1. The molecule has 0 aromatic heterocycles. The Morgan fingerprint density at radius 3 is 2.48 bits per heavy atom. The van der Waals surface area contributed by atoms with Crippen molar-refractivity contribution in [2.24, 2.45) is 0 Å². The SMILES string of the molecule is CC(O)CC[C@@]12OC[C@H]3OC(C)(C)O[C@H]3[C@@H]1OC(C)(C)O2. The molecule has 5 atom stereocenters. The summed E-state index contributed by atoms with van der Waals surface area (Å²) < 4.78 is 30.0. The van der Waals surface area contributed by atoms with Crippen molar-refractivity contribution >= 4 is 0 Å². The van der Waals surface area contributed by atoms with E-state index in [-0.39, 0.29) is 18.3 Å². The molecular formula is C15H26O6. The number of fused-ring (bicyclic) bond motifs is 3. The molecule has 1 unspecified atom stereocenters. The summed E-state index contributed by atoms with van der Waals surface area (Å²) in [5.74, 6) is -2.26. The third-order valence-corrected chi connectivity index (χ3v) is 4.19. The van der Waals surface area contributed by atoms with Gasteiger partial charge in [0, 0.05) is 6.42 Å². The Kier molecular flexibility index (Phi) is 3.63. The zero-order valence-corrected chi connectivity index (χ0v) is 13.4. The normalized spacial score (nSPS) is 45.1. The highest BCUT2D eigenvalue weighted by molar-refractivity contribution is 5.03. The third-order valence-electron chi connectivity index (χ3n) is 4.19. The van der Waals surface area contributed by atoms with E-state index in [4.69, 9.17) is 23.7 Å². The van der Waals surface area contributed by atoms with Crippen LogP contribution in [0.5, 0.6) is 0 Å². The first-order valence-corrected chi connectivity index (χ1v) is 7.68. The topological polar surface area (TPSA) is 66.4 Å². The Balaban J connectivity index is 1.84. The van der Waals surface area contributed by atoms with Gasteiger partial charge in [-0.3, -0.25) is 0 Å². The van der Waals surface area contributed by atoms with Gasteiger partial charge in [0.05, 0.1) is 12.7 Å². The monoisotopic (exact) mass is 302 g/mol. The van der Waals surface area contributed by atoms with Crippen LogP contribution in [0.2, 0.25) is 0 Å². The maximum absolute atomic E-state index is 9.59. The minimum Gasteiger partial charge on any atom is -0.393 e. The summed E-state index contributed by atoms with van der Waals surface area (Å²) in [5.41, 5.74) is 0. The highest BCUT2D eigenvalue weighted by Gasteiger charge is 2.64. The van der Waals surface area contributed by atoms with Crippen molar-refractivity contribution in [1.29, 1.82) is 0 Å². The maximum Gasteiger partial charge on any atom is 0.200 e. The van der Waals surface area contributed by atoms with Crippen LogP contribution < -0.4 is 0 Å². The number of ether oxygens (including phenoxy) is 5. The molecule has 0 aliphatic carbocycles. The summed E-state index contributed by atoms with van der Waals surface area (Å²) in [7, 11) is 0. The fourth-order valence-corrected chi connectivity index (χ4v) is 3.47. The van der Waals surface area contributed by atoms with Gasteiger partial charge in [-0.25, -0.2) is 0 Å². The lowest BCUT2D eigenvalue weighted by atomic mass is 9.92. The van der Waals surface area contributed by atoms with Crippen molar-refractivity contribution in [1.82, 2.24) is 0 Å². The van der Waals surface area contributed by atoms with Crippen LogP contribution in [0, 0.1) is 0 Å². The van der Waals surface area contributed by atoms with Crippen LogP contribution in [0.3, 0.4) is 0 Å². The summed E-state index contributed by atoms with van der Waals surface area (Å²) in [6, 6.07) is 0. The Morgan fingerprint density at radius 1 is 1.10 bits per heavy atom. The van der Waals surface area contributed by atoms with E-state index in [1.165, 1.54) is 0 Å². The van der Waals surface area contributed by atoms with E-state index in [1.807, 2.05) is 27.7 Å². The van der Waals surface area contributed by atoms with Gasteiger partial charge >= 0.3 is 0 Å². The molecule has 122 valence electrons. The molecule has 0 saturated carbocycles. The predicted octanol–water partition coefficient (Wildman–Crippen LogP) is 1.55. The quantitative estimate of drug-likeness (QED) is 0.853. The van der Waals surface area contributed by atoms with Gasteiger partial charge in [-0.05, 0) is 41.0 Å². The Labute approximate surface area is 125 Å². The zero-order chi connectivity index (χ0) is 15.5. The molecule has 3 aliphatic heterocycles. The molecule has 21 heavy (non-hydrogen) atoms. The summed E-state index contributed by atoms with van der Waals surface area (Å²) in [6.07, 6.45) is 0.00732. The average molecular weight is 302 g/mol. The molecule has 3 fully saturated rings. The molecule has 3 saturated heterocycles. The first-order chi connectivity index (χ1) is 9.63. The van der Waals surface area contributed by atoms with Crippen molar-refractivity contribution in [2.75, 3.05) is 6.61 Å². The van der Waals surface area contributed by atoms with Crippen molar-refractivity contribution in [3.63, 3.8) is 0 Å². The maximum atomic E-state index is 9.59. The van der Waals surface area contributed by atoms with Crippen LogP contribution >= 0.6 is 0 Å². The van der Waals surface area contributed by atoms with Gasteiger partial charge in [-0.2, -0.15) is 0 Å². The molecule has 0 bridgehead atoms. The van der Waals surface area contributed by atoms with E-state index in [0.29, 0.717) is 19.4 Å². The molecule has 0 radical (unpaired) electrons. The first-order valence-electron chi connectivity index (χ1n) is 7.68. The van der Waals surface area contributed by atoms with Crippen LogP contribution in [0.25, 0.3) is 0 Å². The van der Waals surface area contributed by atoms with E-state index in [1.54, 1.807) is 6.92 Å². The number of hydrogen-bond acceptors (Lipinski definition) is 6. The van der Waals surface area contributed by atoms with Gasteiger partial charge in [0.1, 0.15) is 18.3 Å². The summed E-state index contributed by atoms with van der Waals surface area (Å²) in [6.45, 7) is 9.69. The van der Waals surface area contributed by atoms with Gasteiger partial charge in [0.25, 0.3) is 0 Å². The van der Waals surface area contributed by atoms with Crippen LogP contribution in [0.15, 0.2) is 0 Å². The van der Waals surface area contributed by atoms with Gasteiger partial charge < -0.3 is 28.8 Å². The second-order valence-corrected chi connectivity index (χ2v) is 7.19. The van der Waals surface area contributed by atoms with E-state index >= 15 is 0 Å². The van der Waals surface area contributed by atoms with Crippen molar-refractivity contribution < 1.29 is 28.8 Å². The molecule has 3 rings (SSSR count). The lowest BCUT2D eigenvalue weighted by Crippen LogP contribution is -2.58. The van der Waals surface area contributed by atoms with Gasteiger partial charge in [-0.1, -0.05) is 0 Å². The average Bonchev–Trinajstić information content (AvgIpc) is 2.78. The first kappa shape index (κ1) is 15.6. The lowest BCUT2D eigenvalue weighted by molar-refractivity contribution is -0.285. The predicted molar refractivity (Wildman–Crippen MR) is 73.5 cm³/mol. The number of rotatable bonds is 3. The van der Waals surface area contributed by atoms with Gasteiger partial charge in [-0.15, -0.1) is 0 Å². The second-order valence-electron chi connectivity index (χ2n) is 7.19. The molecule has 6 heteroatoms. The second kappa shape index (κ2) is 4.88. The fourth-order valence-electron chi connectivity index (χ4n) is 3.47. The van der Waals surface area contributed by atoms with Crippen LogP contribution in [-0.2, 0) is 23.7 Å². The zero-order valence-electron chi connectivity index (χ0n) is 13.4. The van der Waals surface area contributed by atoms with Crippen LogP contribution in [0.1, 0.15) is 47.5 Å². The highest BCUT2D eigenvalue weighted by Crippen LogP contribution is 2.49. The van der Waals surface area contributed by atoms with Gasteiger partial charge in [0.15, 0.2) is 11.6 Å². The molecule has 0 amide bonds. The molecule has 0 aromatic carbocycles. The lowest BCUT2D eigenvalue weighted by Gasteiger charge is -2.41. The van der Waals surface area contributed by atoms with E-state index in [0.717, 1.165) is 0 Å². The molecule has 1 N–H and O–H groups in total. The molecule has 3 aliphatic rings. The van der Waals surface area contributed by atoms with E-state index < -0.39 is 23.5 Å². The summed E-state index contributed by atoms with van der Waals surface area (Å²) in [5, 5.41) is 9.59. The minimum absolute atomic E-state index is 0.151. The highest BCUT2D eigenvalue weighted by atomic mass is 16.9. The van der Waals surface area contributed by atoms with Gasteiger partial charge in [0.2, 0.25) is 5.79 Å². The third kappa shape index (κ3) is 2.85. The molecule has 0 spiro atoms. The fraction of sp³-hybridized carbons (Fsp3) is 1.00. The summed E-state index contributed by atoms with van der Waals surface area (Å²) >= 11 is 0. The smallest absolute Gasteiger partial charge is 0.200 e. The van der Waals surface area contributed by atoms with Crippen molar-refractivity contribution in [3.8, 4) is 0 Å². The Morgan fingerprint density at radius 2 is 1.81 bits per heavy atom. The van der Waals surface area contributed by atoms with Crippen LogP contribution in [-0.4, -0.2) is 53.5 Å². The molecular weight excluding hydrogens is 276 g/mol. The largest absolute Gasteiger partial charge is 0.393 e. The van der Waals surface area contributed by atoms with E-state index in [9.17, 15) is 5.11 Å². The van der Waals surface area contributed by atoms with Crippen molar-refractivity contribution in [2.45, 2.75) is 89.2 Å². The molecule has 3 heterocycles.